The molecule has 0 atom stereocenters. The number of benzene rings is 1. The number of fused-ring (bicyclic) bond motifs is 1. The van der Waals surface area contributed by atoms with Crippen molar-refractivity contribution in [1.29, 1.82) is 0 Å². The first-order valence-electron chi connectivity index (χ1n) is 4.90. The standard InChI is InChI=1S/C10H9I2N3OS/c1-2-13-9(16)15-10-14-7-4-5(11)3-6(12)8(7)17-10/h3-4H,2H2,1H3,(H2,13,14,15,16). The number of amides is 2. The summed E-state index contributed by atoms with van der Waals surface area (Å²) in [4.78, 5) is 15.8. The van der Waals surface area contributed by atoms with Crippen molar-refractivity contribution in [3.05, 3.63) is 19.3 Å². The first-order chi connectivity index (χ1) is 8.10. The van der Waals surface area contributed by atoms with Gasteiger partial charge >= 0.3 is 6.03 Å². The highest BCUT2D eigenvalue weighted by Gasteiger charge is 2.09. The molecular formula is C10H9I2N3OS. The minimum absolute atomic E-state index is 0.212. The van der Waals surface area contributed by atoms with Crippen molar-refractivity contribution < 1.29 is 4.79 Å². The second-order valence-electron chi connectivity index (χ2n) is 3.24. The topological polar surface area (TPSA) is 54.0 Å². The third-order valence-electron chi connectivity index (χ3n) is 1.97. The lowest BCUT2D eigenvalue weighted by atomic mass is 10.3. The minimum atomic E-state index is -0.212. The van der Waals surface area contributed by atoms with E-state index in [2.05, 4.69) is 66.9 Å². The predicted molar refractivity (Wildman–Crippen MR) is 87.7 cm³/mol. The summed E-state index contributed by atoms with van der Waals surface area (Å²) in [6, 6.07) is 3.89. The molecule has 17 heavy (non-hydrogen) atoms. The van der Waals surface area contributed by atoms with Gasteiger partial charge in [-0.2, -0.15) is 0 Å². The summed E-state index contributed by atoms with van der Waals surface area (Å²) in [6.45, 7) is 2.48. The summed E-state index contributed by atoms with van der Waals surface area (Å²) in [5.74, 6) is 0. The monoisotopic (exact) mass is 473 g/mol. The number of hydrogen-bond donors (Lipinski definition) is 2. The molecule has 0 aliphatic rings. The van der Waals surface area contributed by atoms with Gasteiger partial charge in [0.2, 0.25) is 0 Å². The summed E-state index contributed by atoms with van der Waals surface area (Å²) < 4.78 is 3.41. The van der Waals surface area contributed by atoms with Crippen molar-refractivity contribution in [2.45, 2.75) is 6.92 Å². The first-order valence-corrected chi connectivity index (χ1v) is 7.88. The molecule has 0 radical (unpaired) electrons. The number of aromatic nitrogens is 1. The Labute approximate surface area is 130 Å². The van der Waals surface area contributed by atoms with Crippen LogP contribution in [0.25, 0.3) is 10.2 Å². The van der Waals surface area contributed by atoms with Gasteiger partial charge in [-0.05, 0) is 64.2 Å². The second-order valence-corrected chi connectivity index (χ2v) is 6.65. The fourth-order valence-electron chi connectivity index (χ4n) is 1.32. The van der Waals surface area contributed by atoms with E-state index >= 15 is 0 Å². The zero-order valence-corrected chi connectivity index (χ0v) is 14.0. The highest BCUT2D eigenvalue weighted by atomic mass is 127. The highest BCUT2D eigenvalue weighted by molar-refractivity contribution is 14.1. The van der Waals surface area contributed by atoms with Gasteiger partial charge in [0, 0.05) is 13.7 Å². The van der Waals surface area contributed by atoms with Gasteiger partial charge in [-0.15, -0.1) is 0 Å². The van der Waals surface area contributed by atoms with E-state index in [0.717, 1.165) is 17.4 Å². The molecule has 7 heteroatoms. The Morgan fingerprint density at radius 3 is 2.94 bits per heavy atom. The third kappa shape index (κ3) is 3.19. The molecule has 4 nitrogen and oxygen atoms in total. The van der Waals surface area contributed by atoms with Crippen LogP contribution in [-0.2, 0) is 0 Å². The Hall–Kier alpha value is -0.160. The molecule has 2 aromatic rings. The summed E-state index contributed by atoms with van der Waals surface area (Å²) in [7, 11) is 0. The number of carbonyl (C=O) groups is 1. The van der Waals surface area contributed by atoms with Gasteiger partial charge in [0.15, 0.2) is 5.13 Å². The SMILES string of the molecule is CCNC(=O)Nc1nc2cc(I)cc(I)c2s1. The van der Waals surface area contributed by atoms with Crippen molar-refractivity contribution in [1.82, 2.24) is 10.3 Å². The highest BCUT2D eigenvalue weighted by Crippen LogP contribution is 2.31. The zero-order valence-electron chi connectivity index (χ0n) is 8.88. The normalized spacial score (nSPS) is 10.5. The summed E-state index contributed by atoms with van der Waals surface area (Å²) in [5, 5.41) is 6.04. The number of urea groups is 1. The van der Waals surface area contributed by atoms with Crippen LogP contribution in [0.15, 0.2) is 12.1 Å². The maximum Gasteiger partial charge on any atom is 0.321 e. The molecule has 0 saturated carbocycles. The van der Waals surface area contributed by atoms with Gasteiger partial charge in [-0.1, -0.05) is 11.3 Å². The van der Waals surface area contributed by atoms with Crippen LogP contribution in [0.5, 0.6) is 0 Å². The number of nitrogens with one attached hydrogen (secondary N) is 2. The van der Waals surface area contributed by atoms with Gasteiger partial charge in [-0.3, -0.25) is 5.32 Å². The second kappa shape index (κ2) is 5.65. The lowest BCUT2D eigenvalue weighted by Gasteiger charge is -2.00. The number of thiazole rings is 1. The maximum absolute atomic E-state index is 11.4. The van der Waals surface area contributed by atoms with Crippen LogP contribution in [0.1, 0.15) is 6.92 Å². The van der Waals surface area contributed by atoms with Crippen molar-refractivity contribution in [3.8, 4) is 0 Å². The van der Waals surface area contributed by atoms with E-state index in [1.54, 1.807) is 0 Å². The molecule has 90 valence electrons. The minimum Gasteiger partial charge on any atom is -0.338 e. The predicted octanol–water partition coefficient (Wildman–Crippen LogP) is 3.65. The van der Waals surface area contributed by atoms with Gasteiger partial charge in [0.25, 0.3) is 0 Å². The smallest absolute Gasteiger partial charge is 0.321 e. The molecule has 1 heterocycles. The zero-order chi connectivity index (χ0) is 12.4. The van der Waals surface area contributed by atoms with Crippen molar-refractivity contribution in [3.63, 3.8) is 0 Å². The van der Waals surface area contributed by atoms with Gasteiger partial charge < -0.3 is 5.32 Å². The third-order valence-corrected chi connectivity index (χ3v) is 4.83. The average molecular weight is 473 g/mol. The van der Waals surface area contributed by atoms with Gasteiger partial charge in [-0.25, -0.2) is 9.78 Å². The van der Waals surface area contributed by atoms with Crippen LogP contribution in [0, 0.1) is 7.14 Å². The average Bonchev–Trinajstić information content (AvgIpc) is 2.60. The Morgan fingerprint density at radius 1 is 1.47 bits per heavy atom. The van der Waals surface area contributed by atoms with E-state index in [4.69, 9.17) is 0 Å². The summed E-state index contributed by atoms with van der Waals surface area (Å²) in [5.41, 5.74) is 0.929. The molecule has 2 rings (SSSR count). The fourth-order valence-corrected chi connectivity index (χ4v) is 4.31. The van der Waals surface area contributed by atoms with Gasteiger partial charge in [0.1, 0.15) is 0 Å². The Morgan fingerprint density at radius 2 is 2.24 bits per heavy atom. The largest absolute Gasteiger partial charge is 0.338 e. The lowest BCUT2D eigenvalue weighted by Crippen LogP contribution is -2.28. The fraction of sp³-hybridized carbons (Fsp3) is 0.200. The van der Waals surface area contributed by atoms with Crippen LogP contribution in [0.2, 0.25) is 0 Å². The quantitative estimate of drug-likeness (QED) is 0.655. The molecule has 0 aliphatic carbocycles. The van der Waals surface area contributed by atoms with E-state index in [0.29, 0.717) is 11.7 Å². The van der Waals surface area contributed by atoms with Crippen LogP contribution >= 0.6 is 56.5 Å². The molecule has 1 aromatic heterocycles. The molecule has 0 saturated heterocycles. The van der Waals surface area contributed by atoms with E-state index in [1.165, 1.54) is 11.3 Å². The van der Waals surface area contributed by atoms with E-state index in [9.17, 15) is 4.79 Å². The number of anilines is 1. The lowest BCUT2D eigenvalue weighted by molar-refractivity contribution is 0.252. The van der Waals surface area contributed by atoms with E-state index < -0.39 is 0 Å². The van der Waals surface area contributed by atoms with Crippen molar-refractivity contribution >= 4 is 77.9 Å². The number of nitrogens with zero attached hydrogens (tertiary/aromatic N) is 1. The van der Waals surface area contributed by atoms with Crippen LogP contribution in [-0.4, -0.2) is 17.6 Å². The molecule has 0 spiro atoms. The van der Waals surface area contributed by atoms with Crippen molar-refractivity contribution in [2.75, 3.05) is 11.9 Å². The number of hydrogen-bond acceptors (Lipinski definition) is 3. The Kier molecular flexibility index (Phi) is 4.42. The summed E-state index contributed by atoms with van der Waals surface area (Å²) in [6.07, 6.45) is 0. The van der Waals surface area contributed by atoms with Crippen molar-refractivity contribution in [2.24, 2.45) is 0 Å². The van der Waals surface area contributed by atoms with Crippen LogP contribution in [0.3, 0.4) is 0 Å². The van der Waals surface area contributed by atoms with Crippen LogP contribution in [0.4, 0.5) is 9.93 Å². The Bertz CT molecular complexity index is 570. The molecule has 0 fully saturated rings. The molecule has 2 N–H and O–H groups in total. The summed E-state index contributed by atoms with van der Waals surface area (Å²) >= 11 is 6.04. The molecule has 1 aromatic carbocycles. The molecule has 0 bridgehead atoms. The van der Waals surface area contributed by atoms with E-state index in [-0.39, 0.29) is 6.03 Å². The maximum atomic E-state index is 11.4. The Balaban J connectivity index is 2.32. The van der Waals surface area contributed by atoms with E-state index in [1.807, 2.05) is 13.0 Å². The molecule has 0 aliphatic heterocycles. The molecule has 2 amide bonds. The van der Waals surface area contributed by atoms with Gasteiger partial charge in [0.05, 0.1) is 10.2 Å². The molecular weight excluding hydrogens is 464 g/mol. The number of rotatable bonds is 2. The first kappa shape index (κ1) is 13.3. The number of halogens is 2. The number of carbonyl (C=O) groups excluding carboxylic acids is 1. The van der Waals surface area contributed by atoms with Crippen LogP contribution < -0.4 is 10.6 Å². The molecule has 0 unspecified atom stereocenters.